The van der Waals surface area contributed by atoms with E-state index in [0.717, 1.165) is 4.90 Å². The molecule has 43 heavy (non-hydrogen) atoms. The average molecular weight is 621 g/mol. The van der Waals surface area contributed by atoms with Crippen LogP contribution in [0.2, 0.25) is 0 Å². The molecule has 2 amide bonds. The van der Waals surface area contributed by atoms with Crippen molar-refractivity contribution in [3.8, 4) is 11.5 Å². The molecule has 1 heterocycles. The highest BCUT2D eigenvalue weighted by Crippen LogP contribution is 2.47. The first kappa shape index (κ1) is 33.7. The number of benzene rings is 2. The fraction of sp³-hybridized carbons (Fsp3) is 0.517. The molecule has 1 aliphatic rings. The lowest BCUT2D eigenvalue weighted by Crippen LogP contribution is -2.47. The van der Waals surface area contributed by atoms with Crippen LogP contribution in [0.3, 0.4) is 0 Å². The lowest BCUT2D eigenvalue weighted by molar-refractivity contribution is -0.143. The van der Waals surface area contributed by atoms with Gasteiger partial charge in [0.25, 0.3) is 0 Å². The van der Waals surface area contributed by atoms with Gasteiger partial charge in [0.05, 0.1) is 50.3 Å². The molecule has 8 nitrogen and oxygen atoms in total. The van der Waals surface area contributed by atoms with Crippen LogP contribution in [0.1, 0.15) is 68.3 Å². The topological polar surface area (TPSA) is 77.5 Å². The Morgan fingerprint density at radius 3 is 2.00 bits per heavy atom. The second-order valence-electron chi connectivity index (χ2n) is 9.95. The molecule has 0 fully saturated rings. The SMILES string of the molecule is CCCCOC(=O)N(Cc1cc(C(F)(F)F)cc(C(F)(F)F)c1)[C@@H]1C[C@H](C)N(C(=O)OCC)c2cc(OC)c(OC)cc21. The van der Waals surface area contributed by atoms with Crippen molar-refractivity contribution in [2.45, 2.75) is 71.0 Å². The Morgan fingerprint density at radius 1 is 0.907 bits per heavy atom. The third-order valence-corrected chi connectivity index (χ3v) is 6.96. The van der Waals surface area contributed by atoms with E-state index in [1.165, 1.54) is 31.3 Å². The van der Waals surface area contributed by atoms with E-state index in [9.17, 15) is 35.9 Å². The number of ether oxygens (including phenoxy) is 4. The molecular weight excluding hydrogens is 586 g/mol. The van der Waals surface area contributed by atoms with E-state index in [-0.39, 0.29) is 42.9 Å². The lowest BCUT2D eigenvalue weighted by Gasteiger charge is -2.43. The van der Waals surface area contributed by atoms with Crippen molar-refractivity contribution in [3.63, 3.8) is 0 Å². The Morgan fingerprint density at radius 2 is 1.49 bits per heavy atom. The predicted molar refractivity (Wildman–Crippen MR) is 144 cm³/mol. The van der Waals surface area contributed by atoms with Crippen molar-refractivity contribution >= 4 is 17.9 Å². The number of carbonyl (C=O) groups excluding carboxylic acids is 2. The van der Waals surface area contributed by atoms with Gasteiger partial charge in [-0.25, -0.2) is 9.59 Å². The van der Waals surface area contributed by atoms with Gasteiger partial charge < -0.3 is 18.9 Å². The molecule has 14 heteroatoms. The van der Waals surface area contributed by atoms with Crippen LogP contribution in [-0.2, 0) is 28.4 Å². The molecule has 0 N–H and O–H groups in total. The van der Waals surface area contributed by atoms with E-state index in [1.54, 1.807) is 13.8 Å². The molecule has 1 aliphatic heterocycles. The summed E-state index contributed by atoms with van der Waals surface area (Å²) in [6.07, 6.45) is -10.6. The molecule has 0 unspecified atom stereocenters. The average Bonchev–Trinajstić information content (AvgIpc) is 2.93. The molecule has 0 aromatic heterocycles. The summed E-state index contributed by atoms with van der Waals surface area (Å²) in [4.78, 5) is 28.9. The molecule has 238 valence electrons. The molecule has 0 spiro atoms. The monoisotopic (exact) mass is 620 g/mol. The maximum atomic E-state index is 13.6. The minimum Gasteiger partial charge on any atom is -0.493 e. The van der Waals surface area contributed by atoms with Crippen LogP contribution < -0.4 is 14.4 Å². The minimum atomic E-state index is -5.07. The molecule has 2 aromatic rings. The van der Waals surface area contributed by atoms with Crippen LogP contribution in [0, 0.1) is 0 Å². The number of amides is 2. The third kappa shape index (κ3) is 7.77. The summed E-state index contributed by atoms with van der Waals surface area (Å²) >= 11 is 0. The fourth-order valence-electron chi connectivity index (χ4n) is 4.91. The van der Waals surface area contributed by atoms with Gasteiger partial charge in [-0.3, -0.25) is 9.80 Å². The maximum Gasteiger partial charge on any atom is 0.416 e. The van der Waals surface area contributed by atoms with E-state index in [4.69, 9.17) is 18.9 Å². The van der Waals surface area contributed by atoms with Crippen molar-refractivity contribution in [3.05, 3.63) is 52.6 Å². The Kier molecular flexibility index (Phi) is 10.7. The lowest BCUT2D eigenvalue weighted by atomic mass is 9.90. The number of rotatable bonds is 9. The number of halogens is 6. The molecular formula is C29H34F6N2O6. The summed E-state index contributed by atoms with van der Waals surface area (Å²) in [7, 11) is 2.75. The first-order chi connectivity index (χ1) is 20.2. The number of hydrogen-bond donors (Lipinski definition) is 0. The molecule has 0 radical (unpaired) electrons. The normalized spacial score (nSPS) is 16.8. The van der Waals surface area contributed by atoms with Crippen molar-refractivity contribution in [2.24, 2.45) is 0 Å². The summed E-state index contributed by atoms with van der Waals surface area (Å²) < 4.78 is 103. The van der Waals surface area contributed by atoms with Crippen LogP contribution in [0.5, 0.6) is 11.5 Å². The number of unbranched alkanes of at least 4 members (excludes halogenated alkanes) is 1. The minimum absolute atomic E-state index is 0.0156. The van der Waals surface area contributed by atoms with E-state index >= 15 is 0 Å². The number of fused-ring (bicyclic) bond motifs is 1. The van der Waals surface area contributed by atoms with Gasteiger partial charge in [0.2, 0.25) is 0 Å². The van der Waals surface area contributed by atoms with Gasteiger partial charge in [0.1, 0.15) is 0 Å². The smallest absolute Gasteiger partial charge is 0.416 e. The van der Waals surface area contributed by atoms with Crippen LogP contribution in [-0.4, -0.2) is 50.6 Å². The number of nitrogens with zero attached hydrogens (tertiary/aromatic N) is 2. The number of carbonyl (C=O) groups is 2. The zero-order chi connectivity index (χ0) is 32.1. The quantitative estimate of drug-likeness (QED) is 0.209. The Labute approximate surface area is 245 Å². The molecule has 2 atom stereocenters. The van der Waals surface area contributed by atoms with E-state index in [1.807, 2.05) is 6.92 Å². The summed E-state index contributed by atoms with van der Waals surface area (Å²) in [5, 5.41) is 0. The van der Waals surface area contributed by atoms with Gasteiger partial charge in [-0.15, -0.1) is 0 Å². The molecule has 0 bridgehead atoms. The van der Waals surface area contributed by atoms with Gasteiger partial charge in [-0.05, 0) is 56.5 Å². The zero-order valence-electron chi connectivity index (χ0n) is 24.4. The highest BCUT2D eigenvalue weighted by atomic mass is 19.4. The van der Waals surface area contributed by atoms with Gasteiger partial charge in [-0.2, -0.15) is 26.3 Å². The number of hydrogen-bond acceptors (Lipinski definition) is 6. The van der Waals surface area contributed by atoms with Gasteiger partial charge in [-0.1, -0.05) is 13.3 Å². The summed E-state index contributed by atoms with van der Waals surface area (Å²) in [5.74, 6) is 0.468. The van der Waals surface area contributed by atoms with Crippen LogP contribution in [0.4, 0.5) is 41.6 Å². The van der Waals surface area contributed by atoms with Crippen LogP contribution >= 0.6 is 0 Å². The Hall–Kier alpha value is -3.84. The standard InChI is InChI=1S/C29H34F6N2O6/c1-6-8-9-43-26(38)36(16-18-11-19(28(30,31)32)13-20(12-18)29(33,34)35)22-10-17(3)37(27(39)42-7-2)23-15-25(41-5)24(40-4)14-21(22)23/h11-15,17,22H,6-10,16H2,1-5H3/t17-,22+/m0/s1. The van der Waals surface area contributed by atoms with Gasteiger partial charge in [0, 0.05) is 24.2 Å². The largest absolute Gasteiger partial charge is 0.493 e. The third-order valence-electron chi connectivity index (χ3n) is 6.96. The van der Waals surface area contributed by atoms with E-state index in [2.05, 4.69) is 0 Å². The highest BCUT2D eigenvalue weighted by Gasteiger charge is 2.42. The molecule has 0 saturated heterocycles. The fourth-order valence-corrected chi connectivity index (χ4v) is 4.91. The first-order valence-electron chi connectivity index (χ1n) is 13.6. The van der Waals surface area contributed by atoms with E-state index < -0.39 is 59.9 Å². The molecule has 0 saturated carbocycles. The van der Waals surface area contributed by atoms with Crippen molar-refractivity contribution in [1.82, 2.24) is 4.90 Å². The predicted octanol–water partition coefficient (Wildman–Crippen LogP) is 7.98. The van der Waals surface area contributed by atoms with Crippen LogP contribution in [0.25, 0.3) is 0 Å². The van der Waals surface area contributed by atoms with Crippen molar-refractivity contribution < 1.29 is 54.9 Å². The number of anilines is 1. The second-order valence-corrected chi connectivity index (χ2v) is 9.95. The summed E-state index contributed by atoms with van der Waals surface area (Å²) in [5.41, 5.74) is -2.81. The van der Waals surface area contributed by atoms with E-state index in [0.29, 0.717) is 30.5 Å². The van der Waals surface area contributed by atoms with Crippen molar-refractivity contribution in [1.29, 1.82) is 0 Å². The summed E-state index contributed by atoms with van der Waals surface area (Å²) in [6.45, 7) is 4.57. The van der Waals surface area contributed by atoms with Crippen LogP contribution in [0.15, 0.2) is 30.3 Å². The highest BCUT2D eigenvalue weighted by molar-refractivity contribution is 5.91. The van der Waals surface area contributed by atoms with Crippen molar-refractivity contribution in [2.75, 3.05) is 32.3 Å². The zero-order valence-corrected chi connectivity index (χ0v) is 24.4. The summed E-state index contributed by atoms with van der Waals surface area (Å²) in [6, 6.07) is 2.63. The molecule has 0 aliphatic carbocycles. The second kappa shape index (κ2) is 13.6. The Bertz CT molecular complexity index is 1270. The maximum absolute atomic E-state index is 13.6. The first-order valence-corrected chi connectivity index (χ1v) is 13.6. The van der Waals surface area contributed by atoms with Gasteiger partial charge >= 0.3 is 24.5 Å². The van der Waals surface area contributed by atoms with Gasteiger partial charge in [0.15, 0.2) is 11.5 Å². The number of methoxy groups -OCH3 is 2. The number of alkyl halides is 6. The molecule has 3 rings (SSSR count). The Balaban J connectivity index is 2.22. The molecule has 2 aromatic carbocycles.